The molecule has 10 heavy (non-hydrogen) atoms. The van der Waals surface area contributed by atoms with E-state index in [9.17, 15) is 7.77 Å². The summed E-state index contributed by atoms with van der Waals surface area (Å²) in [6, 6.07) is 0. The molecule has 0 aliphatic carbocycles. The van der Waals surface area contributed by atoms with E-state index >= 15 is 0 Å². The molecule has 0 saturated heterocycles. The molecule has 6 nitrogen and oxygen atoms in total. The fourth-order valence-corrected chi connectivity index (χ4v) is 0. The van der Waals surface area contributed by atoms with Gasteiger partial charge in [0, 0.05) is 0 Å². The van der Waals surface area contributed by atoms with E-state index in [1.165, 1.54) is 0 Å². The van der Waals surface area contributed by atoms with E-state index in [1.54, 1.807) is 0 Å². The maximum Gasteiger partial charge on any atom is 0.476 e. The van der Waals surface area contributed by atoms with Gasteiger partial charge in [0.2, 0.25) is 0 Å². The molecular formula is H3F2O6PS. The van der Waals surface area contributed by atoms with Crippen LogP contribution in [-0.2, 0) is 15.2 Å². The first-order valence-corrected chi connectivity index (χ1v) is 4.27. The zero-order chi connectivity index (χ0) is 9.00. The molecule has 0 spiro atoms. The van der Waals surface area contributed by atoms with Gasteiger partial charge >= 0.3 is 18.4 Å². The SMILES string of the molecule is O=P(O)(O)O.O=S(=O)(F)F. The number of hydrogen-bond acceptors (Lipinski definition) is 3. The Balaban J connectivity index is 0. The Labute approximate surface area is 54.9 Å². The van der Waals surface area contributed by atoms with Crippen LogP contribution in [0.2, 0.25) is 0 Å². The Morgan fingerprint density at radius 1 is 1.10 bits per heavy atom. The Hall–Kier alpha value is -0.0800. The van der Waals surface area contributed by atoms with Crippen LogP contribution < -0.4 is 0 Å². The van der Waals surface area contributed by atoms with E-state index in [0.29, 0.717) is 0 Å². The smallest absolute Gasteiger partial charge is 0.303 e. The topological polar surface area (TPSA) is 112 Å². The minimum Gasteiger partial charge on any atom is -0.303 e. The molecule has 0 aliphatic heterocycles. The van der Waals surface area contributed by atoms with Gasteiger partial charge in [-0.15, -0.1) is 0 Å². The summed E-state index contributed by atoms with van der Waals surface area (Å²) >= 11 is 0. The summed E-state index contributed by atoms with van der Waals surface area (Å²) in [6.45, 7) is 0. The maximum absolute atomic E-state index is 9.99. The van der Waals surface area contributed by atoms with E-state index in [-0.39, 0.29) is 0 Å². The van der Waals surface area contributed by atoms with Gasteiger partial charge in [0.05, 0.1) is 0 Å². The predicted molar refractivity (Wildman–Crippen MR) is 25.4 cm³/mol. The second-order valence-electron chi connectivity index (χ2n) is 0.892. The average molecular weight is 200 g/mol. The highest BCUT2D eigenvalue weighted by molar-refractivity contribution is 7.81. The highest BCUT2D eigenvalue weighted by atomic mass is 32.3. The third-order valence-electron chi connectivity index (χ3n) is 0. The summed E-state index contributed by atoms with van der Waals surface area (Å²) in [5, 5.41) is 0. The molecule has 0 aromatic rings. The van der Waals surface area contributed by atoms with Crippen LogP contribution in [-0.4, -0.2) is 23.1 Å². The normalized spacial score (nSPS) is 11.7. The van der Waals surface area contributed by atoms with Crippen LogP contribution in [0, 0.1) is 0 Å². The summed E-state index contributed by atoms with van der Waals surface area (Å²) in [5.74, 6) is 0. The lowest BCUT2D eigenvalue weighted by Crippen LogP contribution is -1.69. The predicted octanol–water partition coefficient (Wildman–Crippen LogP) is -0.758. The van der Waals surface area contributed by atoms with Gasteiger partial charge in [-0.05, 0) is 0 Å². The van der Waals surface area contributed by atoms with Crippen LogP contribution in [0.15, 0.2) is 0 Å². The van der Waals surface area contributed by atoms with E-state index in [0.717, 1.165) is 0 Å². The second-order valence-corrected chi connectivity index (χ2v) is 2.67. The Morgan fingerprint density at radius 2 is 1.10 bits per heavy atom. The van der Waals surface area contributed by atoms with Crippen molar-refractivity contribution in [2.45, 2.75) is 0 Å². The van der Waals surface area contributed by atoms with Crippen molar-refractivity contribution in [1.29, 1.82) is 0 Å². The number of phosphoric acid groups is 1. The van der Waals surface area contributed by atoms with Crippen LogP contribution in [0.25, 0.3) is 0 Å². The molecule has 0 atom stereocenters. The number of halogens is 2. The molecule has 0 rings (SSSR count). The fraction of sp³-hybridized carbons (Fsp3) is 0. The van der Waals surface area contributed by atoms with Crippen LogP contribution >= 0.6 is 7.82 Å². The van der Waals surface area contributed by atoms with Crippen molar-refractivity contribution in [2.24, 2.45) is 0 Å². The lowest BCUT2D eigenvalue weighted by atomic mass is 15.8. The Kier molecular flexibility index (Phi) is 4.96. The van der Waals surface area contributed by atoms with E-state index in [4.69, 9.17) is 27.7 Å². The first-order valence-electron chi connectivity index (χ1n) is 1.42. The van der Waals surface area contributed by atoms with Gasteiger partial charge < -0.3 is 14.7 Å². The van der Waals surface area contributed by atoms with Crippen LogP contribution in [0.5, 0.6) is 0 Å². The van der Waals surface area contributed by atoms with Gasteiger partial charge in [-0.25, -0.2) is 4.57 Å². The Bertz CT molecular complexity index is 194. The zero-order valence-corrected chi connectivity index (χ0v) is 5.89. The van der Waals surface area contributed by atoms with Gasteiger partial charge in [-0.2, -0.15) is 8.42 Å². The first-order chi connectivity index (χ1) is 4.00. The first kappa shape index (κ1) is 12.6. The monoisotopic (exact) mass is 200 g/mol. The molecule has 0 heterocycles. The van der Waals surface area contributed by atoms with Gasteiger partial charge in [-0.3, -0.25) is 0 Å². The molecule has 0 aromatic carbocycles. The highest BCUT2D eigenvalue weighted by Gasteiger charge is 2.00. The second kappa shape index (κ2) is 3.94. The molecule has 10 heteroatoms. The summed E-state index contributed by atoms with van der Waals surface area (Å²) in [7, 11) is -10.3. The van der Waals surface area contributed by atoms with Gasteiger partial charge in [0.1, 0.15) is 0 Å². The van der Waals surface area contributed by atoms with Crippen molar-refractivity contribution in [3.63, 3.8) is 0 Å². The molecule has 0 radical (unpaired) electrons. The Morgan fingerprint density at radius 3 is 1.10 bits per heavy atom. The van der Waals surface area contributed by atoms with Crippen LogP contribution in [0.3, 0.4) is 0 Å². The third-order valence-corrected chi connectivity index (χ3v) is 0. The van der Waals surface area contributed by atoms with Gasteiger partial charge in [0.15, 0.2) is 0 Å². The molecule has 0 aromatic heterocycles. The van der Waals surface area contributed by atoms with Crippen molar-refractivity contribution in [3.05, 3.63) is 0 Å². The minimum atomic E-state index is -5.67. The lowest BCUT2D eigenvalue weighted by molar-refractivity contribution is 0.275. The molecule has 64 valence electrons. The largest absolute Gasteiger partial charge is 0.476 e. The highest BCUT2D eigenvalue weighted by Crippen LogP contribution is 2.25. The quantitative estimate of drug-likeness (QED) is 0.350. The molecule has 0 unspecified atom stereocenters. The van der Waals surface area contributed by atoms with Crippen molar-refractivity contribution < 1.29 is 35.4 Å². The van der Waals surface area contributed by atoms with Gasteiger partial charge in [-0.1, -0.05) is 7.77 Å². The molecule has 0 fully saturated rings. The summed E-state index contributed by atoms with van der Waals surface area (Å²) < 4.78 is 45.5. The van der Waals surface area contributed by atoms with Gasteiger partial charge in [0.25, 0.3) is 0 Å². The zero-order valence-electron chi connectivity index (χ0n) is 4.18. The molecule has 0 amide bonds. The molecular weight excluding hydrogens is 197 g/mol. The fourth-order valence-electron chi connectivity index (χ4n) is 0. The van der Waals surface area contributed by atoms with Crippen molar-refractivity contribution in [3.8, 4) is 0 Å². The minimum absolute atomic E-state index is 4.64. The van der Waals surface area contributed by atoms with E-state index in [1.807, 2.05) is 0 Å². The molecule has 0 bridgehead atoms. The van der Waals surface area contributed by atoms with E-state index in [2.05, 4.69) is 0 Å². The number of hydrogen-bond donors (Lipinski definition) is 3. The summed E-state index contributed by atoms with van der Waals surface area (Å²) in [5.41, 5.74) is 0. The van der Waals surface area contributed by atoms with Crippen molar-refractivity contribution >= 4 is 18.4 Å². The average Bonchev–Trinajstić information content (AvgIpc) is 1.12. The molecule has 3 N–H and O–H groups in total. The standard InChI is InChI=1S/F2O2S.H3O4P/c2*1-5(2,3)4/h;(H3,1,2,3,4). The molecule has 0 saturated carbocycles. The van der Waals surface area contributed by atoms with Crippen LogP contribution in [0.4, 0.5) is 7.77 Å². The van der Waals surface area contributed by atoms with Crippen LogP contribution in [0.1, 0.15) is 0 Å². The summed E-state index contributed by atoms with van der Waals surface area (Å²) in [6.07, 6.45) is 0. The lowest BCUT2D eigenvalue weighted by Gasteiger charge is -1.82. The molecule has 0 aliphatic rings. The van der Waals surface area contributed by atoms with Crippen molar-refractivity contribution in [2.75, 3.05) is 0 Å². The maximum atomic E-state index is 9.99. The van der Waals surface area contributed by atoms with Crippen molar-refractivity contribution in [1.82, 2.24) is 0 Å². The summed E-state index contributed by atoms with van der Waals surface area (Å²) in [4.78, 5) is 21.6. The van der Waals surface area contributed by atoms with E-state index < -0.39 is 18.4 Å². The third kappa shape index (κ3) is 59300. The number of rotatable bonds is 0.